The molecule has 0 radical (unpaired) electrons. The molecule has 0 aromatic heterocycles. The SMILES string of the molecule is O=C(NCC#Cc1ccc(OC(F)(F)F)c(F)c1)OCC1c2ccccc2-c2ccccc21. The molecule has 8 heteroatoms. The summed E-state index contributed by atoms with van der Waals surface area (Å²) < 4.78 is 59.2. The number of hydrogen-bond acceptors (Lipinski definition) is 3. The molecular weight excluding hydrogens is 438 g/mol. The molecule has 4 rings (SSSR count). The molecule has 0 atom stereocenters. The highest BCUT2D eigenvalue weighted by atomic mass is 19.4. The smallest absolute Gasteiger partial charge is 0.449 e. The number of halogens is 4. The topological polar surface area (TPSA) is 47.6 Å². The van der Waals surface area contributed by atoms with Gasteiger partial charge in [-0.15, -0.1) is 13.2 Å². The number of amides is 1. The average Bonchev–Trinajstić information content (AvgIpc) is 3.10. The lowest BCUT2D eigenvalue weighted by Crippen LogP contribution is -2.26. The summed E-state index contributed by atoms with van der Waals surface area (Å²) in [5.74, 6) is 2.95. The second-order valence-corrected chi connectivity index (χ2v) is 7.17. The van der Waals surface area contributed by atoms with Crippen LogP contribution < -0.4 is 10.1 Å². The fourth-order valence-corrected chi connectivity index (χ4v) is 3.70. The molecule has 0 aliphatic heterocycles. The Kier molecular flexibility index (Phi) is 6.22. The maximum absolute atomic E-state index is 13.7. The average molecular weight is 455 g/mol. The van der Waals surface area contributed by atoms with Gasteiger partial charge < -0.3 is 14.8 Å². The number of hydrogen-bond donors (Lipinski definition) is 1. The molecule has 0 bridgehead atoms. The second-order valence-electron chi connectivity index (χ2n) is 7.17. The molecule has 3 aromatic carbocycles. The first kappa shape index (κ1) is 22.2. The Balaban J connectivity index is 1.31. The van der Waals surface area contributed by atoms with Gasteiger partial charge in [-0.2, -0.15) is 0 Å². The molecular formula is C25H17F4NO3. The minimum Gasteiger partial charge on any atom is -0.449 e. The van der Waals surface area contributed by atoms with Crippen LogP contribution in [0, 0.1) is 17.7 Å². The normalized spacial score (nSPS) is 12.2. The van der Waals surface area contributed by atoms with Gasteiger partial charge in [0.25, 0.3) is 0 Å². The van der Waals surface area contributed by atoms with Crippen molar-refractivity contribution in [1.29, 1.82) is 0 Å². The fraction of sp³-hybridized carbons (Fsp3) is 0.160. The summed E-state index contributed by atoms with van der Waals surface area (Å²) >= 11 is 0. The zero-order valence-corrected chi connectivity index (χ0v) is 17.1. The number of rotatable bonds is 4. The van der Waals surface area contributed by atoms with Crippen LogP contribution >= 0.6 is 0 Å². The highest BCUT2D eigenvalue weighted by Gasteiger charge is 2.32. The number of alkyl carbamates (subject to hydrolysis) is 1. The third-order valence-electron chi connectivity index (χ3n) is 5.06. The molecule has 4 nitrogen and oxygen atoms in total. The molecule has 0 saturated carbocycles. The minimum absolute atomic E-state index is 0.0744. The summed E-state index contributed by atoms with van der Waals surface area (Å²) in [7, 11) is 0. The summed E-state index contributed by atoms with van der Waals surface area (Å²) in [5, 5.41) is 2.48. The van der Waals surface area contributed by atoms with E-state index in [1.165, 1.54) is 6.07 Å². The Morgan fingerprint density at radius 3 is 2.21 bits per heavy atom. The molecule has 0 spiro atoms. The van der Waals surface area contributed by atoms with Crippen molar-refractivity contribution >= 4 is 6.09 Å². The second kappa shape index (κ2) is 9.25. The van der Waals surface area contributed by atoms with E-state index in [-0.39, 0.29) is 24.6 Å². The number of nitrogens with one attached hydrogen (secondary N) is 1. The van der Waals surface area contributed by atoms with Gasteiger partial charge in [-0.05, 0) is 40.5 Å². The molecule has 1 aliphatic rings. The molecule has 3 aromatic rings. The molecule has 33 heavy (non-hydrogen) atoms. The number of carbonyl (C=O) groups is 1. The zero-order chi connectivity index (χ0) is 23.4. The van der Waals surface area contributed by atoms with Crippen molar-refractivity contribution < 1.29 is 31.8 Å². The predicted molar refractivity (Wildman–Crippen MR) is 113 cm³/mol. The lowest BCUT2D eigenvalue weighted by Gasteiger charge is -2.14. The molecule has 0 unspecified atom stereocenters. The van der Waals surface area contributed by atoms with Crippen LogP contribution in [0.5, 0.6) is 5.75 Å². The van der Waals surface area contributed by atoms with Gasteiger partial charge in [0.1, 0.15) is 6.61 Å². The highest BCUT2D eigenvalue weighted by Crippen LogP contribution is 2.44. The fourth-order valence-electron chi connectivity index (χ4n) is 3.70. The Labute approximate surface area is 187 Å². The van der Waals surface area contributed by atoms with E-state index in [4.69, 9.17) is 4.74 Å². The molecule has 168 valence electrons. The van der Waals surface area contributed by atoms with E-state index in [2.05, 4.69) is 21.9 Å². The number of alkyl halides is 3. The molecule has 0 heterocycles. The first-order valence-electron chi connectivity index (χ1n) is 9.95. The molecule has 1 aliphatic carbocycles. The van der Waals surface area contributed by atoms with Crippen LogP contribution in [0.2, 0.25) is 0 Å². The predicted octanol–water partition coefficient (Wildman–Crippen LogP) is 5.61. The van der Waals surface area contributed by atoms with Gasteiger partial charge in [-0.3, -0.25) is 0 Å². The molecule has 1 N–H and O–H groups in total. The van der Waals surface area contributed by atoms with Gasteiger partial charge >= 0.3 is 12.5 Å². The van der Waals surface area contributed by atoms with Crippen molar-refractivity contribution in [3.8, 4) is 28.7 Å². The van der Waals surface area contributed by atoms with Crippen molar-refractivity contribution in [1.82, 2.24) is 5.32 Å². The summed E-state index contributed by atoms with van der Waals surface area (Å²) in [6, 6.07) is 18.8. The van der Waals surface area contributed by atoms with Crippen LogP contribution in [0.15, 0.2) is 66.7 Å². The Morgan fingerprint density at radius 2 is 1.61 bits per heavy atom. The highest BCUT2D eigenvalue weighted by molar-refractivity contribution is 5.79. The largest absolute Gasteiger partial charge is 0.573 e. The molecule has 1 amide bonds. The van der Waals surface area contributed by atoms with Crippen LogP contribution in [0.4, 0.5) is 22.4 Å². The zero-order valence-electron chi connectivity index (χ0n) is 17.1. The molecule has 0 fully saturated rings. The van der Waals surface area contributed by atoms with Gasteiger partial charge in [0, 0.05) is 11.5 Å². The van der Waals surface area contributed by atoms with Crippen molar-refractivity contribution in [2.24, 2.45) is 0 Å². The van der Waals surface area contributed by atoms with Crippen LogP contribution in [0.25, 0.3) is 11.1 Å². The van der Waals surface area contributed by atoms with E-state index in [9.17, 15) is 22.4 Å². The first-order valence-corrected chi connectivity index (χ1v) is 9.95. The number of carbonyl (C=O) groups excluding carboxylic acids is 1. The summed E-state index contributed by atoms with van der Waals surface area (Å²) in [5.41, 5.74) is 4.55. The number of benzene rings is 3. The van der Waals surface area contributed by atoms with E-state index in [1.807, 2.05) is 48.5 Å². The number of fused-ring (bicyclic) bond motifs is 3. The van der Waals surface area contributed by atoms with Gasteiger partial charge in [0.05, 0.1) is 6.54 Å². The van der Waals surface area contributed by atoms with E-state index in [0.29, 0.717) is 0 Å². The van der Waals surface area contributed by atoms with Crippen LogP contribution in [-0.4, -0.2) is 25.6 Å². The van der Waals surface area contributed by atoms with Crippen molar-refractivity contribution in [3.05, 3.63) is 89.2 Å². The lowest BCUT2D eigenvalue weighted by molar-refractivity contribution is -0.275. The van der Waals surface area contributed by atoms with Crippen LogP contribution in [0.1, 0.15) is 22.6 Å². The quantitative estimate of drug-likeness (QED) is 0.411. The lowest BCUT2D eigenvalue weighted by atomic mass is 9.98. The van der Waals surface area contributed by atoms with Crippen molar-refractivity contribution in [2.75, 3.05) is 13.2 Å². The summed E-state index contributed by atoms with van der Waals surface area (Å²) in [4.78, 5) is 12.1. The molecule has 0 saturated heterocycles. The van der Waals surface area contributed by atoms with E-state index >= 15 is 0 Å². The number of ether oxygens (including phenoxy) is 2. The van der Waals surface area contributed by atoms with E-state index < -0.39 is 24.0 Å². The maximum atomic E-state index is 13.7. The third-order valence-corrected chi connectivity index (χ3v) is 5.06. The van der Waals surface area contributed by atoms with Crippen molar-refractivity contribution in [3.63, 3.8) is 0 Å². The summed E-state index contributed by atoms with van der Waals surface area (Å²) in [6.07, 6.45) is -5.65. The van der Waals surface area contributed by atoms with Crippen molar-refractivity contribution in [2.45, 2.75) is 12.3 Å². The first-order chi connectivity index (χ1) is 15.8. The minimum atomic E-state index is -4.99. The van der Waals surface area contributed by atoms with Crippen LogP contribution in [0.3, 0.4) is 0 Å². The van der Waals surface area contributed by atoms with Gasteiger partial charge in [0.2, 0.25) is 0 Å². The van der Waals surface area contributed by atoms with Gasteiger partial charge in [-0.1, -0.05) is 60.4 Å². The monoisotopic (exact) mass is 455 g/mol. The Morgan fingerprint density at radius 1 is 0.970 bits per heavy atom. The maximum Gasteiger partial charge on any atom is 0.573 e. The van der Waals surface area contributed by atoms with E-state index in [1.54, 1.807) is 0 Å². The standard InChI is InChI=1S/C25H17F4NO3/c26-22-14-16(11-12-23(22)33-25(27,28)29)6-5-13-30-24(31)32-15-21-19-9-3-1-7-17(19)18-8-2-4-10-20(18)21/h1-4,7-12,14,21H,13,15H2,(H,30,31). The third kappa shape index (κ3) is 5.26. The Bertz CT molecular complexity index is 1200. The van der Waals surface area contributed by atoms with Gasteiger partial charge in [0.15, 0.2) is 11.6 Å². The Hall–Kier alpha value is -3.99. The van der Waals surface area contributed by atoms with Gasteiger partial charge in [-0.25, -0.2) is 9.18 Å². The summed E-state index contributed by atoms with van der Waals surface area (Å²) in [6.45, 7) is 0.0677. The van der Waals surface area contributed by atoms with Crippen LogP contribution in [-0.2, 0) is 4.74 Å². The van der Waals surface area contributed by atoms with E-state index in [0.717, 1.165) is 34.4 Å².